The number of carboxylic acids is 1. The second kappa shape index (κ2) is 6.67. The summed E-state index contributed by atoms with van der Waals surface area (Å²) in [5.74, 6) is -1.80. The largest absolute Gasteiger partial charge is 0.479 e. The number of hydrogen-bond acceptors (Lipinski definition) is 3. The van der Waals surface area contributed by atoms with Crippen LogP contribution < -0.4 is 5.32 Å². The molecule has 0 saturated heterocycles. The molecule has 0 fully saturated rings. The molecule has 0 heterocycles. The molecule has 104 valence electrons. The zero-order chi connectivity index (χ0) is 14.3. The minimum Gasteiger partial charge on any atom is -0.479 e. The molecule has 1 amide bonds. The van der Waals surface area contributed by atoms with Crippen LogP contribution in [-0.2, 0) is 16.1 Å². The Bertz CT molecular complexity index is 435. The topological polar surface area (TPSA) is 75.6 Å². The molecule has 0 aliphatic heterocycles. The van der Waals surface area contributed by atoms with Crippen LogP contribution in [0.2, 0.25) is 0 Å². The van der Waals surface area contributed by atoms with Gasteiger partial charge in [0.15, 0.2) is 5.54 Å². The molecule has 0 saturated carbocycles. The lowest BCUT2D eigenvalue weighted by Crippen LogP contribution is -2.58. The molecule has 7 heteroatoms. The Kier molecular flexibility index (Phi) is 5.23. The molecule has 0 spiro atoms. The Morgan fingerprint density at radius 1 is 1.21 bits per heavy atom. The first-order chi connectivity index (χ1) is 9.04. The molecular weight excluding hydrogens is 260 g/mol. The van der Waals surface area contributed by atoms with Crippen LogP contribution in [0.15, 0.2) is 30.3 Å². The van der Waals surface area contributed by atoms with Gasteiger partial charge in [-0.3, -0.25) is 0 Å². The summed E-state index contributed by atoms with van der Waals surface area (Å²) in [6, 6.07) is 8.58. The van der Waals surface area contributed by atoms with Crippen LogP contribution >= 0.6 is 0 Å². The van der Waals surface area contributed by atoms with Gasteiger partial charge < -0.3 is 15.2 Å². The summed E-state index contributed by atoms with van der Waals surface area (Å²) in [6.45, 7) is -3.26. The van der Waals surface area contributed by atoms with Gasteiger partial charge in [0.25, 0.3) is 0 Å². The maximum Gasteiger partial charge on any atom is 0.408 e. The molecule has 0 atom stereocenters. The number of amides is 1. The average Bonchev–Trinajstić information content (AvgIpc) is 2.43. The first-order valence-electron chi connectivity index (χ1n) is 5.38. The molecular formula is C12H13F2NO4. The third-order valence-electron chi connectivity index (χ3n) is 2.42. The molecule has 1 rings (SSSR count). The fourth-order valence-corrected chi connectivity index (χ4v) is 1.22. The predicted octanol–water partition coefficient (Wildman–Crippen LogP) is 1.68. The van der Waals surface area contributed by atoms with Crippen LogP contribution in [0.3, 0.4) is 0 Å². The second-order valence-corrected chi connectivity index (χ2v) is 3.84. The molecule has 0 unspecified atom stereocenters. The maximum atomic E-state index is 12.6. The Labute approximate surface area is 108 Å². The minimum absolute atomic E-state index is 0.124. The van der Waals surface area contributed by atoms with Gasteiger partial charge in [-0.25, -0.2) is 18.4 Å². The van der Waals surface area contributed by atoms with Gasteiger partial charge in [0.2, 0.25) is 0 Å². The van der Waals surface area contributed by atoms with Gasteiger partial charge in [0.1, 0.15) is 20.0 Å². The lowest BCUT2D eigenvalue weighted by Gasteiger charge is -2.23. The highest BCUT2D eigenvalue weighted by atomic mass is 19.1. The molecule has 19 heavy (non-hydrogen) atoms. The van der Waals surface area contributed by atoms with E-state index in [4.69, 9.17) is 9.84 Å². The second-order valence-electron chi connectivity index (χ2n) is 3.84. The smallest absolute Gasteiger partial charge is 0.408 e. The Morgan fingerprint density at radius 2 is 1.79 bits per heavy atom. The van der Waals surface area contributed by atoms with E-state index < -0.39 is 31.0 Å². The first-order valence-corrected chi connectivity index (χ1v) is 5.38. The number of benzene rings is 1. The van der Waals surface area contributed by atoms with Gasteiger partial charge in [0.05, 0.1) is 0 Å². The summed E-state index contributed by atoms with van der Waals surface area (Å²) in [6.07, 6.45) is -1.19. The number of nitrogens with one attached hydrogen (secondary N) is 1. The number of rotatable bonds is 6. The molecule has 1 aromatic carbocycles. The predicted molar refractivity (Wildman–Crippen MR) is 62.1 cm³/mol. The summed E-state index contributed by atoms with van der Waals surface area (Å²) in [5.41, 5.74) is -1.92. The summed E-state index contributed by atoms with van der Waals surface area (Å²) in [4.78, 5) is 22.1. The highest BCUT2D eigenvalue weighted by Gasteiger charge is 2.41. The van der Waals surface area contributed by atoms with E-state index in [1.54, 1.807) is 35.6 Å². The van der Waals surface area contributed by atoms with Gasteiger partial charge in [-0.2, -0.15) is 0 Å². The first kappa shape index (κ1) is 14.9. The van der Waals surface area contributed by atoms with Crippen LogP contribution in [-0.4, -0.2) is 36.1 Å². The van der Waals surface area contributed by atoms with Crippen molar-refractivity contribution in [2.24, 2.45) is 0 Å². The lowest BCUT2D eigenvalue weighted by molar-refractivity contribution is -0.146. The lowest BCUT2D eigenvalue weighted by atomic mass is 10.0. The van der Waals surface area contributed by atoms with Crippen LogP contribution in [0.25, 0.3) is 0 Å². The van der Waals surface area contributed by atoms with Gasteiger partial charge in [-0.05, 0) is 5.56 Å². The number of carboxylic acid groups (broad SMARTS) is 1. The number of carbonyl (C=O) groups is 2. The quantitative estimate of drug-likeness (QED) is 0.826. The van der Waals surface area contributed by atoms with E-state index in [9.17, 15) is 18.4 Å². The van der Waals surface area contributed by atoms with Crippen molar-refractivity contribution in [3.63, 3.8) is 0 Å². The fourth-order valence-electron chi connectivity index (χ4n) is 1.22. The Morgan fingerprint density at radius 3 is 2.26 bits per heavy atom. The zero-order valence-corrected chi connectivity index (χ0v) is 9.94. The maximum absolute atomic E-state index is 12.6. The summed E-state index contributed by atoms with van der Waals surface area (Å²) in [5, 5.41) is 10.4. The van der Waals surface area contributed by atoms with Crippen LogP contribution in [0.1, 0.15) is 5.56 Å². The SMILES string of the molecule is O=C(NC(CF)(CF)C(=O)O)OCc1ccccc1. The molecule has 0 aromatic heterocycles. The van der Waals surface area contributed by atoms with Crippen molar-refractivity contribution in [3.05, 3.63) is 35.9 Å². The third kappa shape index (κ3) is 3.90. The van der Waals surface area contributed by atoms with E-state index in [0.717, 1.165) is 0 Å². The summed E-state index contributed by atoms with van der Waals surface area (Å²) < 4.78 is 29.9. The van der Waals surface area contributed by atoms with E-state index in [0.29, 0.717) is 5.56 Å². The summed E-state index contributed by atoms with van der Waals surface area (Å²) >= 11 is 0. The van der Waals surface area contributed by atoms with E-state index in [1.807, 2.05) is 0 Å². The Balaban J connectivity index is 2.57. The van der Waals surface area contributed by atoms with Crippen molar-refractivity contribution < 1.29 is 28.2 Å². The fraction of sp³-hybridized carbons (Fsp3) is 0.333. The normalized spacial score (nSPS) is 10.8. The van der Waals surface area contributed by atoms with Crippen molar-refractivity contribution in [2.45, 2.75) is 12.1 Å². The van der Waals surface area contributed by atoms with Gasteiger partial charge in [-0.1, -0.05) is 30.3 Å². The zero-order valence-electron chi connectivity index (χ0n) is 9.94. The van der Waals surface area contributed by atoms with Crippen molar-refractivity contribution >= 4 is 12.1 Å². The van der Waals surface area contributed by atoms with Gasteiger partial charge in [0, 0.05) is 0 Å². The minimum atomic E-state index is -2.59. The van der Waals surface area contributed by atoms with E-state index >= 15 is 0 Å². The van der Waals surface area contributed by atoms with Crippen molar-refractivity contribution in [1.82, 2.24) is 5.32 Å². The monoisotopic (exact) mass is 273 g/mol. The molecule has 1 aromatic rings. The van der Waals surface area contributed by atoms with E-state index in [2.05, 4.69) is 0 Å². The number of aliphatic carboxylic acids is 1. The number of alkyl carbamates (subject to hydrolysis) is 1. The highest BCUT2D eigenvalue weighted by Crippen LogP contribution is 2.09. The standard InChI is InChI=1S/C12H13F2NO4/c13-7-12(8-14,10(16)17)15-11(18)19-6-9-4-2-1-3-5-9/h1-5H,6-8H2,(H,15,18)(H,16,17). The number of hydrogen-bond donors (Lipinski definition) is 2. The third-order valence-corrected chi connectivity index (χ3v) is 2.42. The average molecular weight is 273 g/mol. The van der Waals surface area contributed by atoms with Crippen molar-refractivity contribution in [2.75, 3.05) is 13.3 Å². The number of carbonyl (C=O) groups excluding carboxylic acids is 1. The molecule has 0 bridgehead atoms. The molecule has 5 nitrogen and oxygen atoms in total. The van der Waals surface area contributed by atoms with Crippen molar-refractivity contribution in [1.29, 1.82) is 0 Å². The van der Waals surface area contributed by atoms with E-state index in [1.165, 1.54) is 0 Å². The number of alkyl halides is 2. The highest BCUT2D eigenvalue weighted by molar-refractivity contribution is 5.84. The van der Waals surface area contributed by atoms with Crippen molar-refractivity contribution in [3.8, 4) is 0 Å². The van der Waals surface area contributed by atoms with Crippen LogP contribution in [0.5, 0.6) is 0 Å². The summed E-state index contributed by atoms with van der Waals surface area (Å²) in [7, 11) is 0. The number of ether oxygens (including phenoxy) is 1. The van der Waals surface area contributed by atoms with Gasteiger partial charge in [-0.15, -0.1) is 0 Å². The van der Waals surface area contributed by atoms with Crippen LogP contribution in [0.4, 0.5) is 13.6 Å². The molecule has 0 aliphatic carbocycles. The molecule has 0 radical (unpaired) electrons. The molecule has 2 N–H and O–H groups in total. The Hall–Kier alpha value is -2.18. The van der Waals surface area contributed by atoms with E-state index in [-0.39, 0.29) is 6.61 Å². The van der Waals surface area contributed by atoms with Crippen LogP contribution in [0, 0.1) is 0 Å². The molecule has 0 aliphatic rings. The number of halogens is 2. The van der Waals surface area contributed by atoms with Gasteiger partial charge >= 0.3 is 12.1 Å².